The molecule has 1 unspecified atom stereocenters. The second-order valence-corrected chi connectivity index (χ2v) is 3.48. The Morgan fingerprint density at radius 1 is 1.47 bits per heavy atom. The molecule has 1 aliphatic heterocycles. The highest BCUT2D eigenvalue weighted by Gasteiger charge is 2.44. The number of nitrogen functional groups attached to an aromatic ring is 1. The quantitative estimate of drug-likeness (QED) is 0.394. The maximum Gasteiger partial charge on any atom is 0.144 e. The molecule has 1 aliphatic rings. The van der Waals surface area contributed by atoms with Crippen LogP contribution in [0.25, 0.3) is 0 Å². The third-order valence-corrected chi connectivity index (χ3v) is 2.43. The SMILES string of the molecule is Nc1cnc(C2O[C@H](CO)[C@@H](O)[C@H]2O)[nH]1. The normalized spacial score (nSPS) is 35.9. The molecule has 84 valence electrons. The first-order valence-electron chi connectivity index (χ1n) is 4.56. The van der Waals surface area contributed by atoms with E-state index in [0.717, 1.165) is 0 Å². The molecule has 0 aromatic carbocycles. The molecule has 0 radical (unpaired) electrons. The Hall–Kier alpha value is -1.15. The molecule has 15 heavy (non-hydrogen) atoms. The smallest absolute Gasteiger partial charge is 0.144 e. The monoisotopic (exact) mass is 215 g/mol. The third-order valence-electron chi connectivity index (χ3n) is 2.43. The van der Waals surface area contributed by atoms with Gasteiger partial charge in [0.2, 0.25) is 0 Å². The molecule has 4 atom stereocenters. The summed E-state index contributed by atoms with van der Waals surface area (Å²) in [4.78, 5) is 6.60. The predicted octanol–water partition coefficient (Wildman–Crippen LogP) is -1.85. The number of nitrogens with one attached hydrogen (secondary N) is 1. The second kappa shape index (κ2) is 3.78. The summed E-state index contributed by atoms with van der Waals surface area (Å²) in [6, 6.07) is 0. The van der Waals surface area contributed by atoms with E-state index < -0.39 is 24.4 Å². The average Bonchev–Trinajstić information content (AvgIpc) is 2.74. The highest BCUT2D eigenvalue weighted by atomic mass is 16.6. The molecule has 0 bridgehead atoms. The van der Waals surface area contributed by atoms with Gasteiger partial charge in [-0.2, -0.15) is 0 Å². The van der Waals surface area contributed by atoms with Crippen LogP contribution in [0.5, 0.6) is 0 Å². The number of hydrogen-bond donors (Lipinski definition) is 5. The number of aliphatic hydroxyl groups excluding tert-OH is 3. The van der Waals surface area contributed by atoms with Gasteiger partial charge in [-0.15, -0.1) is 0 Å². The van der Waals surface area contributed by atoms with Crippen molar-refractivity contribution in [3.63, 3.8) is 0 Å². The number of nitrogens with zero attached hydrogens (tertiary/aromatic N) is 1. The second-order valence-electron chi connectivity index (χ2n) is 3.48. The zero-order valence-electron chi connectivity index (χ0n) is 7.87. The van der Waals surface area contributed by atoms with Gasteiger partial charge in [-0.3, -0.25) is 0 Å². The first kappa shape index (κ1) is 10.4. The molecule has 0 spiro atoms. The van der Waals surface area contributed by atoms with E-state index in [1.54, 1.807) is 0 Å². The zero-order valence-corrected chi connectivity index (χ0v) is 7.87. The van der Waals surface area contributed by atoms with Crippen LogP contribution in [0.2, 0.25) is 0 Å². The van der Waals surface area contributed by atoms with Gasteiger partial charge < -0.3 is 30.8 Å². The summed E-state index contributed by atoms with van der Waals surface area (Å²) >= 11 is 0. The Balaban J connectivity index is 2.18. The van der Waals surface area contributed by atoms with Crippen molar-refractivity contribution in [2.75, 3.05) is 12.3 Å². The number of imidazole rings is 1. The lowest BCUT2D eigenvalue weighted by Crippen LogP contribution is -2.32. The molecule has 1 fully saturated rings. The van der Waals surface area contributed by atoms with Gasteiger partial charge in [0.15, 0.2) is 0 Å². The molecule has 1 aromatic rings. The minimum Gasteiger partial charge on any atom is -0.394 e. The van der Waals surface area contributed by atoms with Crippen molar-refractivity contribution >= 4 is 5.82 Å². The summed E-state index contributed by atoms with van der Waals surface area (Å²) in [5, 5.41) is 28.0. The van der Waals surface area contributed by atoms with Crippen LogP contribution in [0.4, 0.5) is 5.82 Å². The van der Waals surface area contributed by atoms with Gasteiger partial charge in [-0.1, -0.05) is 0 Å². The number of anilines is 1. The minimum atomic E-state index is -1.12. The number of hydrogen-bond acceptors (Lipinski definition) is 6. The lowest BCUT2D eigenvalue weighted by Gasteiger charge is -2.11. The first-order chi connectivity index (χ1) is 7.13. The minimum absolute atomic E-state index is 0.343. The highest BCUT2D eigenvalue weighted by molar-refractivity contribution is 5.25. The van der Waals surface area contributed by atoms with Gasteiger partial charge in [0, 0.05) is 0 Å². The number of aromatic nitrogens is 2. The van der Waals surface area contributed by atoms with Gasteiger partial charge in [-0.25, -0.2) is 4.98 Å². The third kappa shape index (κ3) is 1.70. The van der Waals surface area contributed by atoms with Crippen molar-refractivity contribution in [2.24, 2.45) is 0 Å². The van der Waals surface area contributed by atoms with E-state index >= 15 is 0 Å². The molecule has 7 nitrogen and oxygen atoms in total. The molecule has 1 saturated heterocycles. The maximum absolute atomic E-state index is 9.63. The van der Waals surface area contributed by atoms with E-state index in [1.807, 2.05) is 0 Å². The Morgan fingerprint density at radius 3 is 2.67 bits per heavy atom. The summed E-state index contributed by atoms with van der Waals surface area (Å²) in [7, 11) is 0. The van der Waals surface area contributed by atoms with Crippen LogP contribution in [-0.2, 0) is 4.74 Å². The molecule has 0 amide bonds. The van der Waals surface area contributed by atoms with Crippen molar-refractivity contribution in [1.82, 2.24) is 9.97 Å². The molecule has 6 N–H and O–H groups in total. The van der Waals surface area contributed by atoms with Gasteiger partial charge >= 0.3 is 0 Å². The number of rotatable bonds is 2. The molecule has 7 heteroatoms. The summed E-state index contributed by atoms with van der Waals surface area (Å²) in [6.45, 7) is -0.356. The zero-order chi connectivity index (χ0) is 11.0. The van der Waals surface area contributed by atoms with Gasteiger partial charge in [-0.05, 0) is 0 Å². The Kier molecular flexibility index (Phi) is 2.61. The van der Waals surface area contributed by atoms with Crippen LogP contribution in [0, 0.1) is 0 Å². The van der Waals surface area contributed by atoms with Gasteiger partial charge in [0.25, 0.3) is 0 Å². The van der Waals surface area contributed by atoms with E-state index in [2.05, 4.69) is 9.97 Å². The molecule has 2 heterocycles. The van der Waals surface area contributed by atoms with Crippen LogP contribution >= 0.6 is 0 Å². The number of aromatic amines is 1. The van der Waals surface area contributed by atoms with E-state index in [-0.39, 0.29) is 6.61 Å². The Labute approximate surface area is 85.5 Å². The number of nitrogens with two attached hydrogens (primary N) is 1. The lowest BCUT2D eigenvalue weighted by atomic mass is 10.1. The molecule has 0 aliphatic carbocycles. The first-order valence-corrected chi connectivity index (χ1v) is 4.56. The van der Waals surface area contributed by atoms with Crippen molar-refractivity contribution in [2.45, 2.75) is 24.4 Å². The standard InChI is InChI=1S/C8H13N3O4/c9-4-1-10-8(11-4)7-6(14)5(13)3(2-12)15-7/h1,3,5-7,12-14H,2,9H2,(H,10,11)/t3-,5-,6-,7?/m1/s1. The Bertz CT molecular complexity index is 342. The van der Waals surface area contributed by atoms with E-state index in [4.69, 9.17) is 15.6 Å². The van der Waals surface area contributed by atoms with Crippen molar-refractivity contribution < 1.29 is 20.1 Å². The van der Waals surface area contributed by atoms with Crippen LogP contribution in [0.1, 0.15) is 11.9 Å². The topological polar surface area (TPSA) is 125 Å². The highest BCUT2D eigenvalue weighted by Crippen LogP contribution is 2.31. The number of ether oxygens (including phenoxy) is 1. The van der Waals surface area contributed by atoms with Crippen LogP contribution < -0.4 is 5.73 Å². The fourth-order valence-corrected chi connectivity index (χ4v) is 1.62. The summed E-state index contributed by atoms with van der Waals surface area (Å²) in [6.07, 6.45) is -2.42. The van der Waals surface area contributed by atoms with E-state index in [1.165, 1.54) is 6.20 Å². The largest absolute Gasteiger partial charge is 0.394 e. The van der Waals surface area contributed by atoms with Crippen molar-refractivity contribution in [3.05, 3.63) is 12.0 Å². The van der Waals surface area contributed by atoms with Crippen LogP contribution in [-0.4, -0.2) is 50.2 Å². The van der Waals surface area contributed by atoms with Crippen LogP contribution in [0.3, 0.4) is 0 Å². The van der Waals surface area contributed by atoms with Gasteiger partial charge in [0.05, 0.1) is 12.8 Å². The molecule has 0 saturated carbocycles. The Morgan fingerprint density at radius 2 is 2.20 bits per heavy atom. The van der Waals surface area contributed by atoms with E-state index in [0.29, 0.717) is 11.6 Å². The summed E-state index contributed by atoms with van der Waals surface area (Å²) in [5.41, 5.74) is 5.43. The summed E-state index contributed by atoms with van der Waals surface area (Å²) < 4.78 is 5.24. The molecular formula is C8H13N3O4. The molecule has 2 rings (SSSR count). The number of aliphatic hydroxyl groups is 3. The average molecular weight is 215 g/mol. The fourth-order valence-electron chi connectivity index (χ4n) is 1.62. The maximum atomic E-state index is 9.63. The summed E-state index contributed by atoms with van der Waals surface area (Å²) in [5.74, 6) is 0.692. The molecular weight excluding hydrogens is 202 g/mol. The number of H-pyrrole nitrogens is 1. The predicted molar refractivity (Wildman–Crippen MR) is 49.7 cm³/mol. The van der Waals surface area contributed by atoms with Crippen molar-refractivity contribution in [3.8, 4) is 0 Å². The lowest BCUT2D eigenvalue weighted by molar-refractivity contribution is -0.0250. The molecule has 1 aromatic heterocycles. The van der Waals surface area contributed by atoms with Crippen molar-refractivity contribution in [1.29, 1.82) is 0 Å². The van der Waals surface area contributed by atoms with Gasteiger partial charge in [0.1, 0.15) is 36.1 Å². The fraction of sp³-hybridized carbons (Fsp3) is 0.625. The van der Waals surface area contributed by atoms with Crippen LogP contribution in [0.15, 0.2) is 6.20 Å². The van der Waals surface area contributed by atoms with E-state index in [9.17, 15) is 10.2 Å².